The lowest BCUT2D eigenvalue weighted by Crippen LogP contribution is -2.44. The molecule has 2 aromatic carbocycles. The number of amides is 2. The van der Waals surface area contributed by atoms with E-state index in [0.717, 1.165) is 11.8 Å². The molecular formula is C26H32ClN3O8S. The van der Waals surface area contributed by atoms with Crippen molar-refractivity contribution in [2.75, 3.05) is 64.3 Å². The molecule has 0 aliphatic carbocycles. The average Bonchev–Trinajstić information content (AvgIpc) is 3.02. The smallest absolute Gasteiger partial charge is 0.302 e. The summed E-state index contributed by atoms with van der Waals surface area (Å²) in [5.41, 5.74) is 1.49. The van der Waals surface area contributed by atoms with Gasteiger partial charge in [-0.15, -0.1) is 0 Å². The second kappa shape index (κ2) is 13.7. The van der Waals surface area contributed by atoms with Gasteiger partial charge in [-0.2, -0.15) is 4.31 Å². The fourth-order valence-corrected chi connectivity index (χ4v) is 5.10. The summed E-state index contributed by atoms with van der Waals surface area (Å²) < 4.78 is 41.0. The van der Waals surface area contributed by atoms with Crippen LogP contribution in [0.5, 0.6) is 5.75 Å². The number of anilines is 1. The van der Waals surface area contributed by atoms with Gasteiger partial charge in [-0.3, -0.25) is 19.3 Å². The van der Waals surface area contributed by atoms with E-state index in [-0.39, 0.29) is 69.0 Å². The Labute approximate surface area is 233 Å². The van der Waals surface area contributed by atoms with Crippen molar-refractivity contribution in [3.8, 4) is 5.75 Å². The lowest BCUT2D eigenvalue weighted by molar-refractivity contribution is -0.141. The topological polar surface area (TPSA) is 123 Å². The van der Waals surface area contributed by atoms with Crippen LogP contribution < -0.4 is 9.64 Å². The third-order valence-electron chi connectivity index (χ3n) is 6.00. The molecule has 11 nitrogen and oxygen atoms in total. The standard InChI is InChI=1S/C26H32ClN3O8S/c1-19(31)37-14-15-38-21-8-9-22(23(27)16-21)26(33)30-18-25(32)28(17-20-6-4-5-7-24(20)30)10-11-29(12-13-36-2)39(3,34)35/h4-9,16H,10-15,17-18H2,1-3H3. The molecule has 0 fully saturated rings. The van der Waals surface area contributed by atoms with Crippen molar-refractivity contribution in [3.05, 3.63) is 58.6 Å². The van der Waals surface area contributed by atoms with Gasteiger partial charge in [0, 0.05) is 45.9 Å². The largest absolute Gasteiger partial charge is 0.490 e. The maximum absolute atomic E-state index is 13.6. The highest BCUT2D eigenvalue weighted by Gasteiger charge is 2.31. The Morgan fingerprint density at radius 1 is 1.05 bits per heavy atom. The molecule has 212 valence electrons. The van der Waals surface area contributed by atoms with E-state index in [0.29, 0.717) is 11.4 Å². The van der Waals surface area contributed by atoms with Gasteiger partial charge in [0.15, 0.2) is 0 Å². The Hall–Kier alpha value is -3.19. The number of rotatable bonds is 12. The molecule has 0 bridgehead atoms. The number of para-hydroxylation sites is 1. The highest BCUT2D eigenvalue weighted by Crippen LogP contribution is 2.30. The quantitative estimate of drug-likeness (QED) is 0.276. The molecule has 0 saturated carbocycles. The summed E-state index contributed by atoms with van der Waals surface area (Å²) in [5.74, 6) is -0.818. The van der Waals surface area contributed by atoms with Gasteiger partial charge in [0.25, 0.3) is 5.91 Å². The van der Waals surface area contributed by atoms with Gasteiger partial charge in [-0.25, -0.2) is 8.42 Å². The van der Waals surface area contributed by atoms with Crippen LogP contribution in [0.2, 0.25) is 5.02 Å². The van der Waals surface area contributed by atoms with Gasteiger partial charge >= 0.3 is 5.97 Å². The van der Waals surface area contributed by atoms with Crippen LogP contribution in [0.3, 0.4) is 0 Å². The van der Waals surface area contributed by atoms with Gasteiger partial charge in [-0.1, -0.05) is 29.8 Å². The lowest BCUT2D eigenvalue weighted by atomic mass is 10.1. The molecule has 3 rings (SSSR count). The molecule has 0 radical (unpaired) electrons. The van der Waals surface area contributed by atoms with E-state index in [1.807, 2.05) is 12.1 Å². The van der Waals surface area contributed by atoms with E-state index >= 15 is 0 Å². The predicted molar refractivity (Wildman–Crippen MR) is 145 cm³/mol. The molecule has 39 heavy (non-hydrogen) atoms. The number of sulfonamides is 1. The number of methoxy groups -OCH3 is 1. The van der Waals surface area contributed by atoms with Crippen LogP contribution in [-0.4, -0.2) is 94.8 Å². The van der Waals surface area contributed by atoms with Crippen molar-refractivity contribution in [2.45, 2.75) is 13.5 Å². The Morgan fingerprint density at radius 2 is 1.79 bits per heavy atom. The van der Waals surface area contributed by atoms with Gasteiger partial charge < -0.3 is 19.1 Å². The monoisotopic (exact) mass is 581 g/mol. The molecular weight excluding hydrogens is 550 g/mol. The first kappa shape index (κ1) is 30.4. The maximum Gasteiger partial charge on any atom is 0.302 e. The highest BCUT2D eigenvalue weighted by atomic mass is 35.5. The van der Waals surface area contributed by atoms with Crippen LogP contribution >= 0.6 is 11.6 Å². The second-order valence-corrected chi connectivity index (χ2v) is 11.2. The molecule has 0 saturated heterocycles. The molecule has 2 aromatic rings. The molecule has 0 spiro atoms. The minimum atomic E-state index is -3.50. The van der Waals surface area contributed by atoms with Crippen molar-refractivity contribution < 1.29 is 37.0 Å². The summed E-state index contributed by atoms with van der Waals surface area (Å²) in [7, 11) is -2.02. The minimum absolute atomic E-state index is 0.0745. The average molecular weight is 582 g/mol. The number of ether oxygens (including phenoxy) is 3. The number of carbonyl (C=O) groups excluding carboxylic acids is 3. The minimum Gasteiger partial charge on any atom is -0.490 e. The third kappa shape index (κ3) is 8.40. The van der Waals surface area contributed by atoms with E-state index in [1.54, 1.807) is 23.1 Å². The molecule has 0 atom stereocenters. The van der Waals surface area contributed by atoms with E-state index < -0.39 is 21.9 Å². The zero-order chi connectivity index (χ0) is 28.6. The number of esters is 1. The Morgan fingerprint density at radius 3 is 2.46 bits per heavy atom. The van der Waals surface area contributed by atoms with Crippen molar-refractivity contribution in [2.24, 2.45) is 0 Å². The third-order valence-corrected chi connectivity index (χ3v) is 7.61. The summed E-state index contributed by atoms with van der Waals surface area (Å²) in [4.78, 5) is 40.7. The zero-order valence-corrected chi connectivity index (χ0v) is 23.7. The van der Waals surface area contributed by atoms with Crippen molar-refractivity contribution >= 4 is 45.1 Å². The first-order chi connectivity index (χ1) is 18.5. The van der Waals surface area contributed by atoms with Crippen LogP contribution in [0.1, 0.15) is 22.8 Å². The lowest BCUT2D eigenvalue weighted by Gasteiger charge is -2.26. The first-order valence-electron chi connectivity index (χ1n) is 12.2. The van der Waals surface area contributed by atoms with E-state index in [2.05, 4.69) is 0 Å². The number of nitrogens with zero attached hydrogens (tertiary/aromatic N) is 3. The number of halogens is 1. The molecule has 1 heterocycles. The van der Waals surface area contributed by atoms with Gasteiger partial charge in [0.05, 0.1) is 23.4 Å². The number of hydrogen-bond acceptors (Lipinski definition) is 8. The first-order valence-corrected chi connectivity index (χ1v) is 14.4. The number of benzene rings is 2. The molecule has 0 unspecified atom stereocenters. The van der Waals surface area contributed by atoms with Gasteiger partial charge in [-0.05, 0) is 29.8 Å². The highest BCUT2D eigenvalue weighted by molar-refractivity contribution is 7.88. The molecule has 1 aliphatic rings. The van der Waals surface area contributed by atoms with Crippen LogP contribution in [0.4, 0.5) is 5.69 Å². The molecule has 2 amide bonds. The van der Waals surface area contributed by atoms with Gasteiger partial charge in [0.1, 0.15) is 25.5 Å². The zero-order valence-electron chi connectivity index (χ0n) is 22.1. The van der Waals surface area contributed by atoms with E-state index in [9.17, 15) is 22.8 Å². The SMILES string of the molecule is COCCN(CCN1Cc2ccccc2N(C(=O)c2ccc(OCCOC(C)=O)cc2Cl)CC1=O)S(C)(=O)=O. The number of carbonyl (C=O) groups is 3. The number of hydrogen-bond donors (Lipinski definition) is 0. The Kier molecular flexibility index (Phi) is 10.7. The maximum atomic E-state index is 13.6. The Bertz CT molecular complexity index is 1300. The fourth-order valence-electron chi connectivity index (χ4n) is 4.03. The predicted octanol–water partition coefficient (Wildman–Crippen LogP) is 2.18. The Balaban J connectivity index is 1.78. The summed E-state index contributed by atoms with van der Waals surface area (Å²) in [5, 5.41) is 0.137. The molecule has 1 aliphatic heterocycles. The van der Waals surface area contributed by atoms with Crippen molar-refractivity contribution in [3.63, 3.8) is 0 Å². The number of fused-ring (bicyclic) bond motifs is 1. The van der Waals surface area contributed by atoms with E-state index in [1.165, 1.54) is 35.4 Å². The van der Waals surface area contributed by atoms with E-state index in [4.69, 9.17) is 25.8 Å². The summed E-state index contributed by atoms with van der Waals surface area (Å²) in [6.07, 6.45) is 1.11. The summed E-state index contributed by atoms with van der Waals surface area (Å²) >= 11 is 6.43. The van der Waals surface area contributed by atoms with Crippen LogP contribution in [0, 0.1) is 0 Å². The second-order valence-electron chi connectivity index (χ2n) is 8.82. The molecule has 0 aromatic heterocycles. The molecule has 0 N–H and O–H groups in total. The van der Waals surface area contributed by atoms with Gasteiger partial charge in [0.2, 0.25) is 15.9 Å². The van der Waals surface area contributed by atoms with Crippen molar-refractivity contribution in [1.82, 2.24) is 9.21 Å². The fraction of sp³-hybridized carbons (Fsp3) is 0.423. The molecule has 13 heteroatoms. The van der Waals surface area contributed by atoms with Crippen LogP contribution in [-0.2, 0) is 35.6 Å². The normalized spacial score (nSPS) is 13.7. The summed E-state index contributed by atoms with van der Waals surface area (Å²) in [6.45, 7) is 2.09. The van der Waals surface area contributed by atoms with Crippen LogP contribution in [0.15, 0.2) is 42.5 Å². The van der Waals surface area contributed by atoms with Crippen LogP contribution in [0.25, 0.3) is 0 Å². The summed E-state index contributed by atoms with van der Waals surface area (Å²) in [6, 6.07) is 11.7. The van der Waals surface area contributed by atoms with Crippen molar-refractivity contribution in [1.29, 1.82) is 0 Å².